The number of thiol groups is 1. The smallest absolute Gasteiger partial charge is 0.307 e. The zero-order valence-electron chi connectivity index (χ0n) is 7.59. The number of halogens is 3. The number of rotatable bonds is 2. The number of benzene rings is 1. The van der Waals surface area contributed by atoms with E-state index < -0.39 is 25.2 Å². The van der Waals surface area contributed by atoms with E-state index in [-0.39, 0.29) is 4.08 Å². The number of nitrogens with zero attached hydrogens (tertiary/aromatic N) is 1. The van der Waals surface area contributed by atoms with Crippen LogP contribution in [0.5, 0.6) is 0 Å². The Morgan fingerprint density at radius 3 is 2.19 bits per heavy atom. The van der Waals surface area contributed by atoms with Gasteiger partial charge in [0.2, 0.25) is 0 Å². The van der Waals surface area contributed by atoms with Crippen LogP contribution in [0, 0.1) is 0 Å². The van der Waals surface area contributed by atoms with Crippen molar-refractivity contribution in [3.05, 3.63) is 29.8 Å². The second kappa shape index (κ2) is 4.29. The molecule has 0 bridgehead atoms. The summed E-state index contributed by atoms with van der Waals surface area (Å²) in [5, 5.41) is 0. The summed E-state index contributed by atoms with van der Waals surface area (Å²) in [5.74, 6) is 0. The average Bonchev–Trinajstić information content (AvgIpc) is 2.14. The summed E-state index contributed by atoms with van der Waals surface area (Å²) in [7, 11) is -4.88. The first kappa shape index (κ1) is 13.4. The standard InChI is InChI=1S/C7H7F3NO3PS/c8-7(9,10)5-3-1-2-4-6(5)11(16)15(12,13)14/h1-4,16H,(H2,12,13,14). The number of anilines is 1. The fraction of sp³-hybridized carbons (Fsp3) is 0.143. The van der Waals surface area contributed by atoms with Crippen LogP contribution in [-0.4, -0.2) is 9.79 Å². The van der Waals surface area contributed by atoms with Crippen LogP contribution in [-0.2, 0) is 10.7 Å². The lowest BCUT2D eigenvalue weighted by Gasteiger charge is -2.22. The molecular formula is C7H7F3NO3PS. The molecule has 0 radical (unpaired) electrons. The summed E-state index contributed by atoms with van der Waals surface area (Å²) in [4.78, 5) is 17.4. The van der Waals surface area contributed by atoms with Crippen molar-refractivity contribution in [1.82, 2.24) is 0 Å². The Bertz CT molecular complexity index is 433. The van der Waals surface area contributed by atoms with E-state index in [0.717, 1.165) is 12.1 Å². The summed E-state index contributed by atoms with van der Waals surface area (Å²) in [6, 6.07) is 3.99. The summed E-state index contributed by atoms with van der Waals surface area (Å²) in [6.07, 6.45) is -4.70. The van der Waals surface area contributed by atoms with Gasteiger partial charge >= 0.3 is 13.9 Å². The molecule has 0 amide bonds. The number of hydrogen-bond acceptors (Lipinski definition) is 2. The molecule has 0 unspecified atom stereocenters. The Morgan fingerprint density at radius 1 is 1.25 bits per heavy atom. The predicted molar refractivity (Wildman–Crippen MR) is 55.0 cm³/mol. The van der Waals surface area contributed by atoms with Crippen molar-refractivity contribution in [1.29, 1.82) is 0 Å². The first-order valence-electron chi connectivity index (χ1n) is 3.85. The Balaban J connectivity index is 3.30. The minimum Gasteiger partial charge on any atom is -0.307 e. The van der Waals surface area contributed by atoms with Gasteiger partial charge in [-0.2, -0.15) is 13.2 Å². The molecule has 0 saturated heterocycles. The number of alkyl halides is 3. The summed E-state index contributed by atoms with van der Waals surface area (Å²) < 4.78 is 48.2. The first-order chi connectivity index (χ1) is 7.14. The zero-order valence-corrected chi connectivity index (χ0v) is 9.38. The average molecular weight is 273 g/mol. The Kier molecular flexibility index (Phi) is 3.59. The second-order valence-corrected chi connectivity index (χ2v) is 4.96. The van der Waals surface area contributed by atoms with Gasteiger partial charge in [0.05, 0.1) is 11.3 Å². The van der Waals surface area contributed by atoms with Gasteiger partial charge in [0, 0.05) is 0 Å². The van der Waals surface area contributed by atoms with Gasteiger partial charge in [-0.3, -0.25) is 0 Å². The van der Waals surface area contributed by atoms with Crippen LogP contribution in [0.1, 0.15) is 5.56 Å². The molecule has 0 spiro atoms. The highest BCUT2D eigenvalue weighted by molar-refractivity contribution is 7.90. The van der Waals surface area contributed by atoms with Gasteiger partial charge in [0.15, 0.2) is 0 Å². The van der Waals surface area contributed by atoms with E-state index >= 15 is 0 Å². The minimum absolute atomic E-state index is 0.00414. The van der Waals surface area contributed by atoms with E-state index in [2.05, 4.69) is 12.8 Å². The third kappa shape index (κ3) is 2.91. The first-order valence-corrected chi connectivity index (χ1v) is 5.82. The van der Waals surface area contributed by atoms with Crippen LogP contribution in [0.2, 0.25) is 0 Å². The summed E-state index contributed by atoms with van der Waals surface area (Å²) >= 11 is 3.37. The van der Waals surface area contributed by atoms with E-state index in [1.165, 1.54) is 6.07 Å². The molecule has 4 nitrogen and oxygen atoms in total. The van der Waals surface area contributed by atoms with Crippen LogP contribution >= 0.6 is 20.6 Å². The van der Waals surface area contributed by atoms with Gasteiger partial charge in [-0.05, 0) is 12.1 Å². The van der Waals surface area contributed by atoms with E-state index in [1.54, 1.807) is 0 Å². The van der Waals surface area contributed by atoms with Gasteiger partial charge in [-0.1, -0.05) is 24.9 Å². The number of para-hydroxylation sites is 1. The van der Waals surface area contributed by atoms with Crippen molar-refractivity contribution < 1.29 is 27.5 Å². The molecule has 90 valence electrons. The third-order valence-corrected chi connectivity index (χ3v) is 3.30. The molecule has 1 aromatic rings. The molecule has 0 aliphatic carbocycles. The Hall–Kier alpha value is -0.690. The van der Waals surface area contributed by atoms with Gasteiger partial charge in [-0.25, -0.2) is 8.64 Å². The highest BCUT2D eigenvalue weighted by atomic mass is 32.1. The molecular weight excluding hydrogens is 266 g/mol. The van der Waals surface area contributed by atoms with Crippen LogP contribution in [0.25, 0.3) is 0 Å². The third-order valence-electron chi connectivity index (χ3n) is 1.67. The molecule has 0 aliphatic rings. The molecule has 9 heteroatoms. The highest BCUT2D eigenvalue weighted by Gasteiger charge is 2.37. The maximum atomic E-state index is 12.5. The van der Waals surface area contributed by atoms with Crippen LogP contribution in [0.4, 0.5) is 18.9 Å². The van der Waals surface area contributed by atoms with Crippen molar-refractivity contribution >= 4 is 26.2 Å². The molecule has 2 N–H and O–H groups in total. The quantitative estimate of drug-likeness (QED) is 0.572. The maximum absolute atomic E-state index is 12.5. The fourth-order valence-electron chi connectivity index (χ4n) is 1.03. The number of hydrogen-bond donors (Lipinski definition) is 3. The minimum atomic E-state index is -4.88. The molecule has 0 atom stereocenters. The molecule has 1 rings (SSSR count). The fourth-order valence-corrected chi connectivity index (χ4v) is 1.66. The van der Waals surface area contributed by atoms with Crippen molar-refractivity contribution in [3.63, 3.8) is 0 Å². The molecule has 0 fully saturated rings. The molecule has 1 aromatic carbocycles. The molecule has 0 saturated carbocycles. The van der Waals surface area contributed by atoms with E-state index in [9.17, 15) is 17.7 Å². The molecule has 0 heterocycles. The second-order valence-electron chi connectivity index (χ2n) is 2.82. The monoisotopic (exact) mass is 273 g/mol. The Labute approximate surface area is 94.5 Å². The lowest BCUT2D eigenvalue weighted by Crippen LogP contribution is -2.14. The highest BCUT2D eigenvalue weighted by Crippen LogP contribution is 2.49. The van der Waals surface area contributed by atoms with Gasteiger partial charge in [0.1, 0.15) is 0 Å². The molecule has 0 aromatic heterocycles. The predicted octanol–water partition coefficient (Wildman–Crippen LogP) is 2.45. The summed E-state index contributed by atoms with van der Waals surface area (Å²) in [6.45, 7) is 0. The van der Waals surface area contributed by atoms with Crippen molar-refractivity contribution in [2.75, 3.05) is 4.08 Å². The van der Waals surface area contributed by atoms with Crippen LogP contribution in [0.3, 0.4) is 0 Å². The van der Waals surface area contributed by atoms with Gasteiger partial charge in [-0.15, -0.1) is 0 Å². The zero-order chi connectivity index (χ0) is 12.6. The maximum Gasteiger partial charge on any atom is 0.439 e. The Morgan fingerprint density at radius 2 is 1.75 bits per heavy atom. The SMILES string of the molecule is O=P(O)(O)N(S)c1ccccc1C(F)(F)F. The topological polar surface area (TPSA) is 60.8 Å². The van der Waals surface area contributed by atoms with Gasteiger partial charge in [0.25, 0.3) is 0 Å². The van der Waals surface area contributed by atoms with Crippen molar-refractivity contribution in [2.45, 2.75) is 6.18 Å². The van der Waals surface area contributed by atoms with E-state index in [1.807, 2.05) is 0 Å². The molecule has 0 aliphatic heterocycles. The lowest BCUT2D eigenvalue weighted by molar-refractivity contribution is -0.137. The van der Waals surface area contributed by atoms with Crippen LogP contribution < -0.4 is 4.08 Å². The normalized spacial score (nSPS) is 12.6. The lowest BCUT2D eigenvalue weighted by atomic mass is 10.2. The van der Waals surface area contributed by atoms with Crippen molar-refractivity contribution in [2.24, 2.45) is 0 Å². The van der Waals surface area contributed by atoms with Crippen molar-refractivity contribution in [3.8, 4) is 0 Å². The van der Waals surface area contributed by atoms with Gasteiger partial charge < -0.3 is 9.79 Å². The molecule has 16 heavy (non-hydrogen) atoms. The van der Waals surface area contributed by atoms with E-state index in [0.29, 0.717) is 6.07 Å². The van der Waals surface area contributed by atoms with Crippen LogP contribution in [0.15, 0.2) is 24.3 Å². The summed E-state index contributed by atoms with van der Waals surface area (Å²) in [5.41, 5.74) is -1.85. The largest absolute Gasteiger partial charge is 0.439 e. The van der Waals surface area contributed by atoms with E-state index in [4.69, 9.17) is 9.79 Å².